The van der Waals surface area contributed by atoms with Crippen LogP contribution in [0.1, 0.15) is 39.0 Å². The van der Waals surface area contributed by atoms with Crippen molar-refractivity contribution in [2.45, 2.75) is 45.1 Å². The maximum atomic E-state index is 11.3. The number of carbonyl (C=O) groups excluding carboxylic acids is 1. The van der Waals surface area contributed by atoms with Crippen LogP contribution in [-0.2, 0) is 4.79 Å². The summed E-state index contributed by atoms with van der Waals surface area (Å²) in [5.41, 5.74) is 0. The van der Waals surface area contributed by atoms with Gasteiger partial charge >= 0.3 is 0 Å². The molecule has 0 heterocycles. The third-order valence-electron chi connectivity index (χ3n) is 2.84. The van der Waals surface area contributed by atoms with Crippen LogP contribution in [0.2, 0.25) is 0 Å². The first-order valence-corrected chi connectivity index (χ1v) is 5.95. The fourth-order valence-electron chi connectivity index (χ4n) is 1.95. The van der Waals surface area contributed by atoms with Crippen molar-refractivity contribution >= 4 is 21.8 Å². The molecule has 0 aromatic heterocycles. The minimum Gasteiger partial charge on any atom is -0.342 e. The maximum Gasteiger partial charge on any atom is 0.296 e. The maximum absolute atomic E-state index is 11.3. The number of amides is 1. The number of hydrogen-bond acceptors (Lipinski definition) is 1. The molecule has 0 aromatic carbocycles. The second-order valence-electron chi connectivity index (χ2n) is 3.91. The summed E-state index contributed by atoms with van der Waals surface area (Å²) in [5.74, 6) is 2.87. The second-order valence-corrected chi connectivity index (χ2v) is 4.31. The lowest BCUT2D eigenvalue weighted by molar-refractivity contribution is -0.116. The molecule has 1 amide bonds. The van der Waals surface area contributed by atoms with Gasteiger partial charge in [0.1, 0.15) is 0 Å². The molecule has 3 heteroatoms. The molecule has 0 bridgehead atoms. The zero-order valence-electron chi connectivity index (χ0n) is 8.48. The van der Waals surface area contributed by atoms with Crippen LogP contribution in [0.5, 0.6) is 0 Å². The van der Waals surface area contributed by atoms with Crippen LogP contribution in [0, 0.1) is 16.7 Å². The highest BCUT2D eigenvalue weighted by molar-refractivity contribution is 9.12. The highest BCUT2D eigenvalue weighted by Gasteiger charge is 2.20. The van der Waals surface area contributed by atoms with Crippen molar-refractivity contribution in [1.29, 1.82) is 0 Å². The Kier molecular flexibility index (Phi) is 5.03. The van der Waals surface area contributed by atoms with E-state index in [-0.39, 0.29) is 5.91 Å². The topological polar surface area (TPSA) is 29.1 Å². The van der Waals surface area contributed by atoms with Crippen molar-refractivity contribution < 1.29 is 4.79 Å². The van der Waals surface area contributed by atoms with E-state index < -0.39 is 0 Å². The van der Waals surface area contributed by atoms with Crippen molar-refractivity contribution in [3.05, 3.63) is 0 Å². The smallest absolute Gasteiger partial charge is 0.296 e. The van der Waals surface area contributed by atoms with Gasteiger partial charge in [-0.1, -0.05) is 26.2 Å². The van der Waals surface area contributed by atoms with E-state index in [9.17, 15) is 4.79 Å². The Hall–Kier alpha value is -0.490. The largest absolute Gasteiger partial charge is 0.342 e. The van der Waals surface area contributed by atoms with E-state index in [4.69, 9.17) is 0 Å². The molecule has 0 radical (unpaired) electrons. The summed E-state index contributed by atoms with van der Waals surface area (Å²) in [7, 11) is 0. The molecule has 0 aliphatic heterocycles. The Labute approximate surface area is 94.0 Å². The van der Waals surface area contributed by atoms with E-state index in [0.29, 0.717) is 12.0 Å². The van der Waals surface area contributed by atoms with Crippen molar-refractivity contribution in [1.82, 2.24) is 5.32 Å². The molecule has 1 saturated carbocycles. The molecular weight excluding hydrogens is 242 g/mol. The van der Waals surface area contributed by atoms with Crippen molar-refractivity contribution in [3.63, 3.8) is 0 Å². The first kappa shape index (κ1) is 11.6. The predicted molar refractivity (Wildman–Crippen MR) is 60.9 cm³/mol. The lowest BCUT2D eigenvalue weighted by atomic mass is 9.97. The Morgan fingerprint density at radius 1 is 1.36 bits per heavy atom. The van der Waals surface area contributed by atoms with Crippen LogP contribution in [0.3, 0.4) is 0 Å². The van der Waals surface area contributed by atoms with Gasteiger partial charge in [-0.05, 0) is 23.6 Å². The van der Waals surface area contributed by atoms with Gasteiger partial charge in [0.25, 0.3) is 5.91 Å². The first-order chi connectivity index (χ1) is 6.74. The van der Waals surface area contributed by atoms with Crippen molar-refractivity contribution in [3.8, 4) is 10.8 Å². The lowest BCUT2D eigenvalue weighted by Crippen LogP contribution is -2.38. The zero-order valence-corrected chi connectivity index (χ0v) is 10.1. The van der Waals surface area contributed by atoms with Crippen molar-refractivity contribution in [2.75, 3.05) is 0 Å². The molecule has 1 aliphatic carbocycles. The molecule has 1 aliphatic rings. The van der Waals surface area contributed by atoms with Gasteiger partial charge in [-0.25, -0.2) is 0 Å². The molecule has 1 N–H and O–H groups in total. The lowest BCUT2D eigenvalue weighted by Gasteiger charge is -2.21. The third-order valence-corrected chi connectivity index (χ3v) is 3.04. The Bertz CT molecular complexity index is 254. The zero-order chi connectivity index (χ0) is 10.4. The fourth-order valence-corrected chi connectivity index (χ4v) is 2.13. The molecule has 2 atom stereocenters. The molecule has 78 valence electrons. The Balaban J connectivity index is 2.46. The average Bonchev–Trinajstić information content (AvgIpc) is 2.33. The first-order valence-electron chi connectivity index (χ1n) is 5.16. The van der Waals surface area contributed by atoms with Gasteiger partial charge in [0.2, 0.25) is 0 Å². The van der Waals surface area contributed by atoms with Crippen molar-refractivity contribution in [2.24, 2.45) is 5.92 Å². The summed E-state index contributed by atoms with van der Waals surface area (Å²) >= 11 is 2.92. The summed E-state index contributed by atoms with van der Waals surface area (Å²) in [5, 5.41) is 2.97. The second kappa shape index (κ2) is 6.08. The van der Waals surface area contributed by atoms with Crippen LogP contribution in [0.25, 0.3) is 0 Å². The van der Waals surface area contributed by atoms with Crippen LogP contribution < -0.4 is 5.32 Å². The minimum absolute atomic E-state index is 0.166. The molecule has 14 heavy (non-hydrogen) atoms. The standard InChI is InChI=1S/C11H16BrNO/c1-9-5-3-2-4-6-10(9)13-11(14)7-8-12/h9-10H,2-6H2,1H3,(H,13,14). The predicted octanol–water partition coefficient (Wildman–Crippen LogP) is 2.43. The minimum atomic E-state index is -0.166. The summed E-state index contributed by atoms with van der Waals surface area (Å²) in [6, 6.07) is 0.318. The Morgan fingerprint density at radius 3 is 2.79 bits per heavy atom. The number of nitrogens with one attached hydrogen (secondary N) is 1. The van der Waals surface area contributed by atoms with Gasteiger partial charge < -0.3 is 5.32 Å². The molecule has 1 rings (SSSR count). The normalized spacial score (nSPS) is 27.0. The van der Waals surface area contributed by atoms with Gasteiger partial charge in [-0.3, -0.25) is 4.79 Å². The summed E-state index contributed by atoms with van der Waals surface area (Å²) in [6.45, 7) is 2.21. The van der Waals surface area contributed by atoms with E-state index >= 15 is 0 Å². The van der Waals surface area contributed by atoms with Crippen LogP contribution in [-0.4, -0.2) is 11.9 Å². The highest BCUT2D eigenvalue weighted by Crippen LogP contribution is 2.22. The monoisotopic (exact) mass is 257 g/mol. The van der Waals surface area contributed by atoms with E-state index in [1.54, 1.807) is 0 Å². The highest BCUT2D eigenvalue weighted by atomic mass is 79.9. The molecule has 1 fully saturated rings. The number of halogens is 1. The molecule has 2 unspecified atom stereocenters. The Morgan fingerprint density at radius 2 is 2.07 bits per heavy atom. The van der Waals surface area contributed by atoms with E-state index in [0.717, 1.165) is 6.42 Å². The quantitative estimate of drug-likeness (QED) is 0.568. The SMILES string of the molecule is CC1CCCCCC1NC(=O)C#CBr. The molecule has 0 saturated heterocycles. The van der Waals surface area contributed by atoms with Crippen LogP contribution >= 0.6 is 15.9 Å². The van der Waals surface area contributed by atoms with Gasteiger partial charge in [-0.15, -0.1) is 0 Å². The van der Waals surface area contributed by atoms with Crippen LogP contribution in [0.4, 0.5) is 0 Å². The van der Waals surface area contributed by atoms with Gasteiger partial charge in [0.05, 0.1) is 0 Å². The average molecular weight is 258 g/mol. The number of rotatable bonds is 1. The number of carbonyl (C=O) groups is 1. The van der Waals surface area contributed by atoms with Gasteiger partial charge in [0.15, 0.2) is 0 Å². The van der Waals surface area contributed by atoms with E-state index in [1.807, 2.05) is 0 Å². The van der Waals surface area contributed by atoms with Crippen LogP contribution in [0.15, 0.2) is 0 Å². The van der Waals surface area contributed by atoms with Gasteiger partial charge in [-0.2, -0.15) is 0 Å². The van der Waals surface area contributed by atoms with Gasteiger partial charge in [0, 0.05) is 27.9 Å². The molecule has 2 nitrogen and oxygen atoms in total. The summed E-state index contributed by atoms with van der Waals surface area (Å²) in [4.78, 5) is 13.7. The van der Waals surface area contributed by atoms with E-state index in [1.165, 1.54) is 25.7 Å². The van der Waals surface area contributed by atoms with E-state index in [2.05, 4.69) is 38.9 Å². The fraction of sp³-hybridized carbons (Fsp3) is 0.727. The molecule has 0 spiro atoms. The summed E-state index contributed by atoms with van der Waals surface area (Å²) in [6.07, 6.45) is 6.11. The number of hydrogen-bond donors (Lipinski definition) is 1. The summed E-state index contributed by atoms with van der Waals surface area (Å²) < 4.78 is 0. The molecular formula is C11H16BrNO. The molecule has 0 aromatic rings. The third kappa shape index (κ3) is 3.71.